The quantitative estimate of drug-likeness (QED) is 0.831. The first kappa shape index (κ1) is 12.3. The standard InChI is InChI=1S/C13H18N2OS/c1-9-12(11(3)16-14-9)8-15(4)10(2)13-6-5-7-17-13/h5-7,10H,8H2,1-4H3. The Bertz CT molecular complexity index is 456. The highest BCUT2D eigenvalue weighted by Gasteiger charge is 2.17. The SMILES string of the molecule is Cc1noc(C)c1CN(C)C(C)c1cccs1. The lowest BCUT2D eigenvalue weighted by molar-refractivity contribution is 0.254. The Labute approximate surface area is 106 Å². The molecule has 1 unspecified atom stereocenters. The first-order chi connectivity index (χ1) is 8.09. The van der Waals surface area contributed by atoms with Crippen molar-refractivity contribution < 1.29 is 4.52 Å². The summed E-state index contributed by atoms with van der Waals surface area (Å²) < 4.78 is 5.19. The summed E-state index contributed by atoms with van der Waals surface area (Å²) >= 11 is 1.80. The maximum Gasteiger partial charge on any atom is 0.138 e. The van der Waals surface area contributed by atoms with Crippen LogP contribution < -0.4 is 0 Å². The van der Waals surface area contributed by atoms with E-state index in [9.17, 15) is 0 Å². The summed E-state index contributed by atoms with van der Waals surface area (Å²) in [4.78, 5) is 3.71. The number of hydrogen-bond donors (Lipinski definition) is 0. The van der Waals surface area contributed by atoms with E-state index in [2.05, 4.69) is 41.5 Å². The van der Waals surface area contributed by atoms with Crippen LogP contribution in [0.15, 0.2) is 22.0 Å². The van der Waals surface area contributed by atoms with Gasteiger partial charge in [-0.05, 0) is 39.3 Å². The molecule has 0 fully saturated rings. The second-order valence-electron chi connectivity index (χ2n) is 4.41. The van der Waals surface area contributed by atoms with E-state index >= 15 is 0 Å². The van der Waals surface area contributed by atoms with Crippen LogP contribution in [0.25, 0.3) is 0 Å². The Morgan fingerprint density at radius 1 is 1.47 bits per heavy atom. The fourth-order valence-corrected chi connectivity index (χ4v) is 2.71. The van der Waals surface area contributed by atoms with Crippen molar-refractivity contribution >= 4 is 11.3 Å². The molecule has 2 heterocycles. The number of nitrogens with zero attached hydrogens (tertiary/aromatic N) is 2. The van der Waals surface area contributed by atoms with Crippen molar-refractivity contribution in [3.63, 3.8) is 0 Å². The molecular weight excluding hydrogens is 232 g/mol. The lowest BCUT2D eigenvalue weighted by Gasteiger charge is -2.23. The first-order valence-corrected chi connectivity index (χ1v) is 6.63. The maximum atomic E-state index is 5.19. The molecule has 2 aromatic rings. The van der Waals surface area contributed by atoms with Gasteiger partial charge in [-0.1, -0.05) is 11.2 Å². The second kappa shape index (κ2) is 5.02. The lowest BCUT2D eigenvalue weighted by Crippen LogP contribution is -2.21. The molecule has 2 aromatic heterocycles. The van der Waals surface area contributed by atoms with E-state index in [-0.39, 0.29) is 0 Å². The molecule has 0 saturated heterocycles. The van der Waals surface area contributed by atoms with Crippen LogP contribution in [0.3, 0.4) is 0 Å². The highest BCUT2D eigenvalue weighted by atomic mass is 32.1. The zero-order valence-electron chi connectivity index (χ0n) is 10.7. The summed E-state index contributed by atoms with van der Waals surface area (Å²) in [5.41, 5.74) is 2.20. The Morgan fingerprint density at radius 3 is 2.76 bits per heavy atom. The van der Waals surface area contributed by atoms with E-state index in [1.165, 1.54) is 10.4 Å². The third-order valence-electron chi connectivity index (χ3n) is 3.20. The van der Waals surface area contributed by atoms with Crippen molar-refractivity contribution in [2.75, 3.05) is 7.05 Å². The van der Waals surface area contributed by atoms with Crippen LogP contribution in [0, 0.1) is 13.8 Å². The Morgan fingerprint density at radius 2 is 2.24 bits per heavy atom. The van der Waals surface area contributed by atoms with Crippen LogP contribution in [-0.4, -0.2) is 17.1 Å². The molecule has 3 nitrogen and oxygen atoms in total. The minimum absolute atomic E-state index is 0.420. The third kappa shape index (κ3) is 2.58. The topological polar surface area (TPSA) is 29.3 Å². The Balaban J connectivity index is 2.09. The van der Waals surface area contributed by atoms with Crippen molar-refractivity contribution in [1.29, 1.82) is 0 Å². The van der Waals surface area contributed by atoms with Gasteiger partial charge in [-0.2, -0.15) is 0 Å². The molecule has 0 bridgehead atoms. The summed E-state index contributed by atoms with van der Waals surface area (Å²) in [5, 5.41) is 6.11. The van der Waals surface area contributed by atoms with Crippen LogP contribution in [0.4, 0.5) is 0 Å². The zero-order valence-corrected chi connectivity index (χ0v) is 11.5. The van der Waals surface area contributed by atoms with E-state index < -0.39 is 0 Å². The number of aryl methyl sites for hydroxylation is 2. The van der Waals surface area contributed by atoms with E-state index in [1.807, 2.05) is 13.8 Å². The number of aromatic nitrogens is 1. The lowest BCUT2D eigenvalue weighted by atomic mass is 10.1. The van der Waals surface area contributed by atoms with Crippen molar-refractivity contribution in [3.8, 4) is 0 Å². The predicted octanol–water partition coefficient (Wildman–Crippen LogP) is 3.55. The van der Waals surface area contributed by atoms with Crippen molar-refractivity contribution in [1.82, 2.24) is 10.1 Å². The largest absolute Gasteiger partial charge is 0.361 e. The van der Waals surface area contributed by atoms with Gasteiger partial charge in [0.25, 0.3) is 0 Å². The van der Waals surface area contributed by atoms with Crippen LogP contribution in [-0.2, 0) is 6.54 Å². The molecule has 17 heavy (non-hydrogen) atoms. The Hall–Kier alpha value is -1.13. The van der Waals surface area contributed by atoms with Gasteiger partial charge in [0.05, 0.1) is 5.69 Å². The zero-order chi connectivity index (χ0) is 12.4. The number of thiophene rings is 1. The molecule has 0 aliphatic heterocycles. The van der Waals surface area contributed by atoms with E-state index in [1.54, 1.807) is 11.3 Å². The van der Waals surface area contributed by atoms with Crippen LogP contribution in [0.2, 0.25) is 0 Å². The minimum atomic E-state index is 0.420. The van der Waals surface area contributed by atoms with Crippen molar-refractivity contribution in [3.05, 3.63) is 39.4 Å². The average molecular weight is 250 g/mol. The monoisotopic (exact) mass is 250 g/mol. The predicted molar refractivity (Wildman–Crippen MR) is 70.2 cm³/mol. The van der Waals surface area contributed by atoms with Gasteiger partial charge < -0.3 is 4.52 Å². The molecule has 0 saturated carbocycles. The smallest absolute Gasteiger partial charge is 0.138 e. The molecular formula is C13H18N2OS. The third-order valence-corrected chi connectivity index (χ3v) is 4.25. The Kier molecular flexibility index (Phi) is 3.64. The van der Waals surface area contributed by atoms with Crippen LogP contribution in [0.1, 0.15) is 34.9 Å². The molecule has 2 rings (SSSR count). The fraction of sp³-hybridized carbons (Fsp3) is 0.462. The van der Waals surface area contributed by atoms with Gasteiger partial charge in [-0.25, -0.2) is 0 Å². The van der Waals surface area contributed by atoms with Gasteiger partial charge in [0.2, 0.25) is 0 Å². The van der Waals surface area contributed by atoms with Crippen LogP contribution >= 0.6 is 11.3 Å². The normalized spacial score (nSPS) is 13.2. The molecule has 92 valence electrons. The van der Waals surface area contributed by atoms with E-state index in [0.717, 1.165) is 18.0 Å². The van der Waals surface area contributed by atoms with Crippen LogP contribution in [0.5, 0.6) is 0 Å². The van der Waals surface area contributed by atoms with Crippen molar-refractivity contribution in [2.24, 2.45) is 0 Å². The number of rotatable bonds is 4. The molecule has 0 amide bonds. The summed E-state index contributed by atoms with van der Waals surface area (Å²) in [6.07, 6.45) is 0. The van der Waals surface area contributed by atoms with Gasteiger partial charge in [0.1, 0.15) is 5.76 Å². The molecule has 0 aliphatic rings. The van der Waals surface area contributed by atoms with E-state index in [0.29, 0.717) is 6.04 Å². The summed E-state index contributed by atoms with van der Waals surface area (Å²) in [5.74, 6) is 0.924. The average Bonchev–Trinajstić information content (AvgIpc) is 2.93. The van der Waals surface area contributed by atoms with Gasteiger partial charge in [-0.15, -0.1) is 11.3 Å². The number of hydrogen-bond acceptors (Lipinski definition) is 4. The summed E-state index contributed by atoms with van der Waals surface area (Å²) in [6.45, 7) is 7.07. The maximum absolute atomic E-state index is 5.19. The first-order valence-electron chi connectivity index (χ1n) is 5.75. The highest BCUT2D eigenvalue weighted by Crippen LogP contribution is 2.26. The molecule has 0 aliphatic carbocycles. The minimum Gasteiger partial charge on any atom is -0.361 e. The van der Waals surface area contributed by atoms with Gasteiger partial charge >= 0.3 is 0 Å². The van der Waals surface area contributed by atoms with Gasteiger partial charge in [-0.3, -0.25) is 4.90 Å². The van der Waals surface area contributed by atoms with Gasteiger partial charge in [0, 0.05) is 23.0 Å². The molecule has 4 heteroatoms. The molecule has 0 aromatic carbocycles. The molecule has 1 atom stereocenters. The second-order valence-corrected chi connectivity index (χ2v) is 5.39. The molecule has 0 radical (unpaired) electrons. The van der Waals surface area contributed by atoms with E-state index in [4.69, 9.17) is 4.52 Å². The highest BCUT2D eigenvalue weighted by molar-refractivity contribution is 7.10. The summed E-state index contributed by atoms with van der Waals surface area (Å²) in [7, 11) is 2.14. The van der Waals surface area contributed by atoms with Crippen molar-refractivity contribution in [2.45, 2.75) is 33.4 Å². The summed E-state index contributed by atoms with van der Waals surface area (Å²) in [6, 6.07) is 4.70. The van der Waals surface area contributed by atoms with Gasteiger partial charge in [0.15, 0.2) is 0 Å². The molecule has 0 spiro atoms. The fourth-order valence-electron chi connectivity index (χ4n) is 1.86. The molecule has 0 N–H and O–H groups in total.